The Hall–Kier alpha value is -3.75. The summed E-state index contributed by atoms with van der Waals surface area (Å²) >= 11 is 1.52. The summed E-state index contributed by atoms with van der Waals surface area (Å²) < 4.78 is 33.7. The minimum atomic E-state index is -4.02. The molecular formula is C28H26N2O4S2. The van der Waals surface area contributed by atoms with Crippen LogP contribution in [0, 0.1) is 0 Å². The average Bonchev–Trinajstić information content (AvgIpc) is 2.90. The van der Waals surface area contributed by atoms with E-state index in [1.807, 2.05) is 55.5 Å². The number of sulfonamides is 1. The van der Waals surface area contributed by atoms with E-state index in [2.05, 4.69) is 5.32 Å². The molecule has 8 heteroatoms. The lowest BCUT2D eigenvalue weighted by Crippen LogP contribution is -2.38. The molecule has 0 aromatic heterocycles. The number of anilines is 2. The predicted molar refractivity (Wildman–Crippen MR) is 144 cm³/mol. The molecule has 0 fully saturated rings. The first kappa shape index (κ1) is 25.3. The largest absolute Gasteiger partial charge is 0.494 e. The van der Waals surface area contributed by atoms with E-state index in [9.17, 15) is 13.2 Å². The van der Waals surface area contributed by atoms with Gasteiger partial charge in [0.1, 0.15) is 12.3 Å². The molecule has 1 N–H and O–H groups in total. The summed E-state index contributed by atoms with van der Waals surface area (Å²) in [7, 11) is -4.02. The molecule has 0 atom stereocenters. The number of carbonyl (C=O) groups excluding carboxylic acids is 1. The number of ether oxygens (including phenoxy) is 1. The van der Waals surface area contributed by atoms with Crippen molar-refractivity contribution in [3.8, 4) is 5.75 Å². The highest BCUT2D eigenvalue weighted by Crippen LogP contribution is 2.33. The summed E-state index contributed by atoms with van der Waals surface area (Å²) in [5.41, 5.74) is 1.01. The van der Waals surface area contributed by atoms with Crippen molar-refractivity contribution in [2.24, 2.45) is 0 Å². The van der Waals surface area contributed by atoms with Crippen molar-refractivity contribution in [1.29, 1.82) is 0 Å². The zero-order valence-electron chi connectivity index (χ0n) is 19.7. The fourth-order valence-electron chi connectivity index (χ4n) is 3.51. The molecule has 0 heterocycles. The maximum atomic E-state index is 13.6. The molecular weight excluding hydrogens is 492 g/mol. The minimum absolute atomic E-state index is 0.0719. The van der Waals surface area contributed by atoms with Crippen molar-refractivity contribution < 1.29 is 17.9 Å². The zero-order chi connectivity index (χ0) is 25.4. The molecule has 4 aromatic rings. The Balaban J connectivity index is 1.58. The number of benzene rings is 4. The molecule has 0 spiro atoms. The highest BCUT2D eigenvalue weighted by Gasteiger charge is 2.27. The van der Waals surface area contributed by atoms with Crippen LogP contribution in [0.1, 0.15) is 6.92 Å². The van der Waals surface area contributed by atoms with Crippen LogP contribution >= 0.6 is 11.8 Å². The van der Waals surface area contributed by atoms with E-state index in [1.54, 1.807) is 48.5 Å². The Kier molecular flexibility index (Phi) is 8.30. The Morgan fingerprint density at radius 1 is 0.833 bits per heavy atom. The summed E-state index contributed by atoms with van der Waals surface area (Å²) in [5.74, 6) is 0.127. The molecule has 4 rings (SSSR count). The van der Waals surface area contributed by atoms with Crippen molar-refractivity contribution in [1.82, 2.24) is 0 Å². The third kappa shape index (κ3) is 6.27. The van der Waals surface area contributed by atoms with Gasteiger partial charge in [-0.05, 0) is 67.6 Å². The van der Waals surface area contributed by atoms with Crippen LogP contribution in [-0.4, -0.2) is 27.5 Å². The molecule has 1 amide bonds. The van der Waals surface area contributed by atoms with Gasteiger partial charge in [0, 0.05) is 9.79 Å². The third-order valence-corrected chi connectivity index (χ3v) is 8.06. The van der Waals surface area contributed by atoms with Gasteiger partial charge >= 0.3 is 0 Å². The van der Waals surface area contributed by atoms with Gasteiger partial charge in [-0.2, -0.15) is 0 Å². The Morgan fingerprint density at radius 3 is 2.11 bits per heavy atom. The van der Waals surface area contributed by atoms with Crippen molar-refractivity contribution in [3.05, 3.63) is 109 Å². The number of rotatable bonds is 10. The van der Waals surface area contributed by atoms with Crippen LogP contribution in [0.2, 0.25) is 0 Å². The second-order valence-corrected chi connectivity index (χ2v) is 10.7. The fraction of sp³-hybridized carbons (Fsp3) is 0.107. The Bertz CT molecular complexity index is 1390. The third-order valence-electron chi connectivity index (χ3n) is 5.19. The van der Waals surface area contributed by atoms with Gasteiger partial charge in [0.05, 0.1) is 22.9 Å². The molecule has 0 aliphatic heterocycles. The van der Waals surface area contributed by atoms with Gasteiger partial charge in [-0.25, -0.2) is 8.42 Å². The number of nitrogens with zero attached hydrogens (tertiary/aromatic N) is 1. The number of carbonyl (C=O) groups is 1. The van der Waals surface area contributed by atoms with Crippen LogP contribution in [0.4, 0.5) is 11.4 Å². The summed E-state index contributed by atoms with van der Waals surface area (Å²) in [4.78, 5) is 15.1. The highest BCUT2D eigenvalue weighted by atomic mass is 32.2. The Morgan fingerprint density at radius 2 is 1.44 bits per heavy atom. The number of hydrogen-bond donors (Lipinski definition) is 1. The van der Waals surface area contributed by atoms with Crippen LogP contribution < -0.4 is 14.4 Å². The molecule has 4 aromatic carbocycles. The predicted octanol–water partition coefficient (Wildman–Crippen LogP) is 6.07. The molecule has 0 bridgehead atoms. The summed E-state index contributed by atoms with van der Waals surface area (Å²) in [6.45, 7) is 1.95. The number of hydrogen-bond acceptors (Lipinski definition) is 5. The molecule has 0 aliphatic carbocycles. The molecule has 0 aliphatic rings. The lowest BCUT2D eigenvalue weighted by molar-refractivity contribution is -0.114. The lowest BCUT2D eigenvalue weighted by Gasteiger charge is -2.24. The lowest BCUT2D eigenvalue weighted by atomic mass is 10.3. The number of para-hydroxylation sites is 2. The zero-order valence-corrected chi connectivity index (χ0v) is 21.3. The van der Waals surface area contributed by atoms with Gasteiger partial charge in [-0.3, -0.25) is 9.10 Å². The number of nitrogens with one attached hydrogen (secondary N) is 1. The van der Waals surface area contributed by atoms with Gasteiger partial charge in [-0.1, -0.05) is 60.3 Å². The van der Waals surface area contributed by atoms with Crippen LogP contribution in [0.25, 0.3) is 0 Å². The quantitative estimate of drug-likeness (QED) is 0.276. The average molecular weight is 519 g/mol. The van der Waals surface area contributed by atoms with Crippen molar-refractivity contribution in [3.63, 3.8) is 0 Å². The standard InChI is InChI=1S/C28H26N2O4S2/c1-2-34-23-17-19-25(20-18-23)36(32,33)30(22-11-5-3-6-12-22)21-28(31)29-26-15-9-10-16-27(26)35-24-13-7-4-8-14-24/h3-20H,2,21H2,1H3,(H,29,31). The van der Waals surface area contributed by atoms with Crippen LogP contribution in [0.15, 0.2) is 124 Å². The van der Waals surface area contributed by atoms with Gasteiger partial charge in [0.15, 0.2) is 0 Å². The minimum Gasteiger partial charge on any atom is -0.494 e. The summed E-state index contributed by atoms with van der Waals surface area (Å²) in [6.07, 6.45) is 0. The maximum absolute atomic E-state index is 13.6. The Labute approximate surface area is 216 Å². The van der Waals surface area contributed by atoms with E-state index in [0.717, 1.165) is 14.1 Å². The van der Waals surface area contributed by atoms with Crippen LogP contribution in [-0.2, 0) is 14.8 Å². The van der Waals surface area contributed by atoms with E-state index in [4.69, 9.17) is 4.74 Å². The molecule has 0 saturated heterocycles. The maximum Gasteiger partial charge on any atom is 0.264 e. The summed E-state index contributed by atoms with van der Waals surface area (Å²) in [5, 5.41) is 2.89. The monoisotopic (exact) mass is 518 g/mol. The van der Waals surface area contributed by atoms with Gasteiger partial charge in [0.2, 0.25) is 5.91 Å². The highest BCUT2D eigenvalue weighted by molar-refractivity contribution is 7.99. The second-order valence-electron chi connectivity index (χ2n) is 7.71. The molecule has 0 radical (unpaired) electrons. The van der Waals surface area contributed by atoms with Crippen molar-refractivity contribution in [2.75, 3.05) is 22.8 Å². The molecule has 184 valence electrons. The molecule has 6 nitrogen and oxygen atoms in total. The van der Waals surface area contributed by atoms with Gasteiger partial charge < -0.3 is 10.1 Å². The van der Waals surface area contributed by atoms with E-state index < -0.39 is 15.9 Å². The molecule has 0 saturated carbocycles. The fourth-order valence-corrected chi connectivity index (χ4v) is 5.85. The first-order valence-electron chi connectivity index (χ1n) is 11.4. The van der Waals surface area contributed by atoms with Crippen molar-refractivity contribution in [2.45, 2.75) is 21.6 Å². The van der Waals surface area contributed by atoms with Gasteiger partial charge in [0.25, 0.3) is 10.0 Å². The number of amides is 1. The first-order valence-corrected chi connectivity index (χ1v) is 13.7. The SMILES string of the molecule is CCOc1ccc(S(=O)(=O)N(CC(=O)Nc2ccccc2Sc2ccccc2)c2ccccc2)cc1. The van der Waals surface area contributed by atoms with Crippen molar-refractivity contribution >= 4 is 39.1 Å². The van der Waals surface area contributed by atoms with E-state index >= 15 is 0 Å². The van der Waals surface area contributed by atoms with Crippen LogP contribution in [0.3, 0.4) is 0 Å². The van der Waals surface area contributed by atoms with E-state index in [0.29, 0.717) is 23.7 Å². The van der Waals surface area contributed by atoms with E-state index in [1.165, 1.54) is 23.9 Å². The normalized spacial score (nSPS) is 11.0. The molecule has 36 heavy (non-hydrogen) atoms. The summed E-state index contributed by atoms with van der Waals surface area (Å²) in [6, 6.07) is 32.1. The second kappa shape index (κ2) is 11.8. The van der Waals surface area contributed by atoms with E-state index in [-0.39, 0.29) is 11.4 Å². The van der Waals surface area contributed by atoms with Gasteiger partial charge in [-0.15, -0.1) is 0 Å². The first-order chi connectivity index (χ1) is 17.5. The molecule has 0 unspecified atom stereocenters. The smallest absolute Gasteiger partial charge is 0.264 e. The van der Waals surface area contributed by atoms with Crippen LogP contribution in [0.5, 0.6) is 5.75 Å². The topological polar surface area (TPSA) is 75.7 Å².